The van der Waals surface area contributed by atoms with Crippen molar-refractivity contribution >= 4 is 29.9 Å². The molecule has 1 fully saturated rings. The highest BCUT2D eigenvalue weighted by atomic mass is 35.5. The van der Waals surface area contributed by atoms with E-state index in [2.05, 4.69) is 10.6 Å². The van der Waals surface area contributed by atoms with Gasteiger partial charge in [0.2, 0.25) is 0 Å². The first-order chi connectivity index (χ1) is 11.1. The Hall–Kier alpha value is -1.25. The summed E-state index contributed by atoms with van der Waals surface area (Å²) in [5, 5.41) is 16.4. The van der Waals surface area contributed by atoms with Crippen LogP contribution >= 0.6 is 24.0 Å². The van der Waals surface area contributed by atoms with Gasteiger partial charge in [0.15, 0.2) is 11.5 Å². The van der Waals surface area contributed by atoms with Gasteiger partial charge in [-0.1, -0.05) is 11.6 Å². The van der Waals surface area contributed by atoms with Crippen LogP contribution in [0.3, 0.4) is 0 Å². The van der Waals surface area contributed by atoms with Crippen LogP contribution in [0.4, 0.5) is 0 Å². The molecule has 1 aromatic carbocycles. The minimum Gasteiger partial charge on any atom is -0.486 e. The van der Waals surface area contributed by atoms with Gasteiger partial charge < -0.3 is 30.0 Å². The van der Waals surface area contributed by atoms with Crippen molar-refractivity contribution in [2.24, 2.45) is 0 Å². The lowest BCUT2D eigenvalue weighted by molar-refractivity contribution is -0.134. The van der Waals surface area contributed by atoms with Crippen molar-refractivity contribution in [3.8, 4) is 11.5 Å². The van der Waals surface area contributed by atoms with Crippen LogP contribution in [0.1, 0.15) is 11.7 Å². The Balaban J connectivity index is 0.00000208. The molecule has 2 aliphatic heterocycles. The van der Waals surface area contributed by atoms with Crippen molar-refractivity contribution < 1.29 is 24.1 Å². The van der Waals surface area contributed by atoms with Crippen LogP contribution in [-0.2, 0) is 9.53 Å². The van der Waals surface area contributed by atoms with Crippen molar-refractivity contribution in [1.29, 1.82) is 0 Å². The Labute approximate surface area is 151 Å². The topological polar surface area (TPSA) is 89.1 Å². The number of halogens is 2. The van der Waals surface area contributed by atoms with E-state index in [4.69, 9.17) is 25.8 Å². The van der Waals surface area contributed by atoms with Gasteiger partial charge >= 0.3 is 0 Å². The molecule has 134 valence electrons. The lowest BCUT2D eigenvalue weighted by Crippen LogP contribution is -2.48. The van der Waals surface area contributed by atoms with Crippen LogP contribution < -0.4 is 20.1 Å². The summed E-state index contributed by atoms with van der Waals surface area (Å²) in [6.45, 7) is 2.65. The van der Waals surface area contributed by atoms with E-state index in [1.165, 1.54) is 0 Å². The maximum atomic E-state index is 12.0. The van der Waals surface area contributed by atoms with Crippen LogP contribution in [0.2, 0.25) is 5.02 Å². The van der Waals surface area contributed by atoms with Gasteiger partial charge in [0.25, 0.3) is 5.91 Å². The van der Waals surface area contributed by atoms with E-state index >= 15 is 0 Å². The van der Waals surface area contributed by atoms with Crippen molar-refractivity contribution in [2.45, 2.75) is 12.2 Å². The number of carbonyl (C=O) groups excluding carboxylic acids is 1. The highest BCUT2D eigenvalue weighted by Gasteiger charge is 2.23. The number of aliphatic hydroxyl groups excluding tert-OH is 1. The first kappa shape index (κ1) is 19.1. The van der Waals surface area contributed by atoms with E-state index < -0.39 is 12.2 Å². The standard InChI is InChI=1S/C15H19ClN2O5.ClH/c16-10-5-9(6-12-14(10)23-4-3-22-12)11(19)7-18-15(20)13-8-17-1-2-21-13;/h5-6,11,13,17,19H,1-4,7-8H2,(H,18,20);1H. The number of hydrogen-bond acceptors (Lipinski definition) is 6. The highest BCUT2D eigenvalue weighted by molar-refractivity contribution is 6.32. The Morgan fingerprint density at radius 3 is 2.92 bits per heavy atom. The fraction of sp³-hybridized carbons (Fsp3) is 0.533. The summed E-state index contributed by atoms with van der Waals surface area (Å²) in [7, 11) is 0. The number of fused-ring (bicyclic) bond motifs is 1. The molecule has 24 heavy (non-hydrogen) atoms. The largest absolute Gasteiger partial charge is 0.486 e. The monoisotopic (exact) mass is 378 g/mol. The average molecular weight is 379 g/mol. The van der Waals surface area contributed by atoms with Gasteiger partial charge in [-0.05, 0) is 17.7 Å². The van der Waals surface area contributed by atoms with Gasteiger partial charge in [-0.15, -0.1) is 12.4 Å². The van der Waals surface area contributed by atoms with Gasteiger partial charge in [-0.25, -0.2) is 0 Å². The zero-order chi connectivity index (χ0) is 16.2. The molecular formula is C15H20Cl2N2O5. The lowest BCUT2D eigenvalue weighted by Gasteiger charge is -2.24. The number of nitrogens with one attached hydrogen (secondary N) is 2. The summed E-state index contributed by atoms with van der Waals surface area (Å²) in [5.74, 6) is 0.739. The third-order valence-electron chi connectivity index (χ3n) is 3.69. The number of morpholine rings is 1. The SMILES string of the molecule is Cl.O=C(NCC(O)c1cc(Cl)c2c(c1)OCCO2)C1CNCCO1. The molecule has 1 amide bonds. The first-order valence-corrected chi connectivity index (χ1v) is 7.90. The smallest absolute Gasteiger partial charge is 0.250 e. The van der Waals surface area contributed by atoms with Gasteiger partial charge in [-0.3, -0.25) is 4.79 Å². The fourth-order valence-corrected chi connectivity index (χ4v) is 2.76. The van der Waals surface area contributed by atoms with Crippen molar-refractivity contribution in [3.63, 3.8) is 0 Å². The Bertz CT molecular complexity index is 581. The third-order valence-corrected chi connectivity index (χ3v) is 3.97. The van der Waals surface area contributed by atoms with Crippen LogP contribution in [0.15, 0.2) is 12.1 Å². The van der Waals surface area contributed by atoms with Crippen molar-refractivity contribution in [2.75, 3.05) is 39.5 Å². The highest BCUT2D eigenvalue weighted by Crippen LogP contribution is 2.39. The third kappa shape index (κ3) is 4.43. The minimum absolute atomic E-state index is 0. The molecule has 0 saturated carbocycles. The predicted octanol–water partition coefficient (Wildman–Crippen LogP) is 0.671. The zero-order valence-electron chi connectivity index (χ0n) is 12.9. The number of rotatable bonds is 4. The lowest BCUT2D eigenvalue weighted by atomic mass is 10.1. The summed E-state index contributed by atoms with van der Waals surface area (Å²) < 4.78 is 16.3. The molecule has 1 saturated heterocycles. The molecule has 0 aromatic heterocycles. The molecule has 7 nitrogen and oxygen atoms in total. The fourth-order valence-electron chi connectivity index (χ4n) is 2.49. The number of ether oxygens (including phenoxy) is 3. The molecule has 0 aliphatic carbocycles. The predicted molar refractivity (Wildman–Crippen MR) is 90.3 cm³/mol. The molecule has 0 spiro atoms. The van der Waals surface area contributed by atoms with E-state index in [0.29, 0.717) is 48.5 Å². The van der Waals surface area contributed by atoms with Crippen LogP contribution in [0, 0.1) is 0 Å². The Morgan fingerprint density at radius 1 is 1.38 bits per heavy atom. The second-order valence-electron chi connectivity index (χ2n) is 5.35. The molecular weight excluding hydrogens is 359 g/mol. The first-order valence-electron chi connectivity index (χ1n) is 7.52. The Morgan fingerprint density at radius 2 is 2.17 bits per heavy atom. The number of hydrogen-bond donors (Lipinski definition) is 3. The number of amides is 1. The quantitative estimate of drug-likeness (QED) is 0.713. The summed E-state index contributed by atoms with van der Waals surface area (Å²) in [5.41, 5.74) is 0.558. The molecule has 1 aromatic rings. The average Bonchev–Trinajstić information content (AvgIpc) is 2.60. The summed E-state index contributed by atoms with van der Waals surface area (Å²) in [6.07, 6.45) is -1.43. The van der Waals surface area contributed by atoms with E-state index in [1.807, 2.05) is 0 Å². The summed E-state index contributed by atoms with van der Waals surface area (Å²) >= 11 is 6.14. The van der Waals surface area contributed by atoms with E-state index in [1.54, 1.807) is 12.1 Å². The van der Waals surface area contributed by atoms with Crippen LogP contribution in [0.25, 0.3) is 0 Å². The van der Waals surface area contributed by atoms with E-state index in [9.17, 15) is 9.90 Å². The van der Waals surface area contributed by atoms with Crippen LogP contribution in [0.5, 0.6) is 11.5 Å². The molecule has 2 aliphatic rings. The minimum atomic E-state index is -0.899. The second kappa shape index (κ2) is 8.73. The number of carbonyl (C=O) groups is 1. The molecule has 3 rings (SSSR count). The molecule has 3 N–H and O–H groups in total. The summed E-state index contributed by atoms with van der Waals surface area (Å²) in [6, 6.07) is 3.29. The van der Waals surface area contributed by atoms with Crippen molar-refractivity contribution in [3.05, 3.63) is 22.7 Å². The van der Waals surface area contributed by atoms with Gasteiger partial charge in [0.05, 0.1) is 17.7 Å². The Kier molecular flexibility index (Phi) is 6.94. The van der Waals surface area contributed by atoms with Crippen LogP contribution in [-0.4, -0.2) is 56.6 Å². The normalized spacial score (nSPS) is 20.7. The molecule has 0 bridgehead atoms. The number of benzene rings is 1. The van der Waals surface area contributed by atoms with E-state index in [0.717, 1.165) is 6.54 Å². The number of aliphatic hydroxyl groups is 1. The summed E-state index contributed by atoms with van der Waals surface area (Å²) in [4.78, 5) is 12.0. The molecule has 9 heteroatoms. The zero-order valence-corrected chi connectivity index (χ0v) is 14.5. The van der Waals surface area contributed by atoms with Gasteiger partial charge in [-0.2, -0.15) is 0 Å². The molecule has 2 atom stereocenters. The van der Waals surface area contributed by atoms with Crippen molar-refractivity contribution in [1.82, 2.24) is 10.6 Å². The van der Waals surface area contributed by atoms with Gasteiger partial charge in [0.1, 0.15) is 19.3 Å². The molecule has 2 unspecified atom stereocenters. The second-order valence-corrected chi connectivity index (χ2v) is 5.76. The van der Waals surface area contributed by atoms with E-state index in [-0.39, 0.29) is 24.9 Å². The molecule has 0 radical (unpaired) electrons. The molecule has 2 heterocycles. The maximum Gasteiger partial charge on any atom is 0.250 e. The maximum absolute atomic E-state index is 12.0. The van der Waals surface area contributed by atoms with Gasteiger partial charge in [0, 0.05) is 19.6 Å².